The number of carbonyl (C=O) groups excluding carboxylic acids is 1. The second-order valence-electron chi connectivity index (χ2n) is 5.72. The van der Waals surface area contributed by atoms with Crippen LogP contribution in [0, 0.1) is 0 Å². The molecule has 1 amide bonds. The molecule has 0 bridgehead atoms. The van der Waals surface area contributed by atoms with E-state index < -0.39 is 12.1 Å². The van der Waals surface area contributed by atoms with Gasteiger partial charge in [0.05, 0.1) is 19.3 Å². The normalized spacial score (nSPS) is 12.4. The van der Waals surface area contributed by atoms with Gasteiger partial charge in [-0.2, -0.15) is 0 Å². The van der Waals surface area contributed by atoms with Crippen LogP contribution in [0.3, 0.4) is 0 Å². The Kier molecular flexibility index (Phi) is 5.01. The Morgan fingerprint density at radius 3 is 2.79 bits per heavy atom. The number of aliphatic hydroxyl groups excluding tert-OH is 1. The number of amides is 1. The molecule has 0 radical (unpaired) electrons. The molecule has 5 nitrogen and oxygen atoms in total. The zero-order valence-electron chi connectivity index (χ0n) is 13.6. The summed E-state index contributed by atoms with van der Waals surface area (Å²) in [5, 5.41) is 14.3. The van der Waals surface area contributed by atoms with Gasteiger partial charge in [-0.05, 0) is 30.2 Å². The van der Waals surface area contributed by atoms with Gasteiger partial charge in [0.25, 0.3) is 0 Å². The third kappa shape index (κ3) is 3.36. The first-order valence-corrected chi connectivity index (χ1v) is 8.18. The van der Waals surface area contributed by atoms with Crippen LogP contribution >= 0.6 is 0 Å². The zero-order chi connectivity index (χ0) is 16.9. The Labute approximate surface area is 140 Å². The second-order valence-corrected chi connectivity index (χ2v) is 5.72. The molecule has 2 aromatic carbocycles. The number of fused-ring (bicyclic) bond motifs is 3. The van der Waals surface area contributed by atoms with Crippen LogP contribution in [-0.4, -0.2) is 24.4 Å². The first kappa shape index (κ1) is 16.3. The Morgan fingerprint density at radius 1 is 1.21 bits per heavy atom. The number of carbonyl (C=O) groups is 1. The van der Waals surface area contributed by atoms with Crippen LogP contribution in [0.5, 0.6) is 0 Å². The Hall–Kier alpha value is -2.53. The largest absolute Gasteiger partial charge is 0.456 e. The zero-order valence-corrected chi connectivity index (χ0v) is 13.6. The number of ether oxygens (including phenoxy) is 1. The summed E-state index contributed by atoms with van der Waals surface area (Å²) in [5.74, 6) is 0. The van der Waals surface area contributed by atoms with Crippen molar-refractivity contribution in [1.29, 1.82) is 0 Å². The van der Waals surface area contributed by atoms with Crippen LogP contribution in [0.2, 0.25) is 0 Å². The van der Waals surface area contributed by atoms with Crippen molar-refractivity contribution in [3.63, 3.8) is 0 Å². The number of aliphatic hydroxyl groups is 1. The minimum absolute atomic E-state index is 0.204. The molecule has 3 rings (SSSR count). The summed E-state index contributed by atoms with van der Waals surface area (Å²) in [5.41, 5.74) is 2.41. The summed E-state index contributed by atoms with van der Waals surface area (Å²) >= 11 is 0. The van der Waals surface area contributed by atoms with Gasteiger partial charge < -0.3 is 19.6 Å². The quantitative estimate of drug-likeness (QED) is 0.667. The number of benzene rings is 2. The molecule has 3 aromatic rings. The van der Waals surface area contributed by atoms with E-state index in [-0.39, 0.29) is 6.61 Å². The molecule has 5 heteroatoms. The van der Waals surface area contributed by atoms with E-state index in [1.54, 1.807) is 0 Å². The maximum absolute atomic E-state index is 11.8. The number of furan rings is 1. The van der Waals surface area contributed by atoms with E-state index in [1.807, 2.05) is 49.4 Å². The highest BCUT2D eigenvalue weighted by molar-refractivity contribution is 6.05. The van der Waals surface area contributed by atoms with Gasteiger partial charge in [0, 0.05) is 10.8 Å². The van der Waals surface area contributed by atoms with Gasteiger partial charge in [-0.1, -0.05) is 37.6 Å². The first-order chi connectivity index (χ1) is 11.7. The molecule has 0 unspecified atom stereocenters. The topological polar surface area (TPSA) is 71.7 Å². The van der Waals surface area contributed by atoms with Crippen LogP contribution in [0.15, 0.2) is 46.9 Å². The number of hydrogen-bond acceptors (Lipinski definition) is 4. The molecule has 2 N–H and O–H groups in total. The summed E-state index contributed by atoms with van der Waals surface area (Å²) in [6, 6.07) is 12.9. The lowest BCUT2D eigenvalue weighted by atomic mass is 10.0. The van der Waals surface area contributed by atoms with Crippen molar-refractivity contribution in [3.05, 3.63) is 48.0 Å². The highest BCUT2D eigenvalue weighted by atomic mass is 16.5. The molecule has 0 aliphatic rings. The molecule has 0 spiro atoms. The van der Waals surface area contributed by atoms with E-state index >= 15 is 0 Å². The average molecular weight is 327 g/mol. The van der Waals surface area contributed by atoms with Gasteiger partial charge in [-0.3, -0.25) is 0 Å². The summed E-state index contributed by atoms with van der Waals surface area (Å²) in [6.45, 7) is 2.21. The molecule has 1 aromatic heterocycles. The van der Waals surface area contributed by atoms with Gasteiger partial charge in [-0.15, -0.1) is 0 Å². The van der Waals surface area contributed by atoms with Gasteiger partial charge in [0.1, 0.15) is 11.2 Å². The third-order valence-electron chi connectivity index (χ3n) is 4.01. The number of rotatable bonds is 6. The number of para-hydroxylation sites is 1. The third-order valence-corrected chi connectivity index (χ3v) is 4.01. The minimum Gasteiger partial charge on any atom is -0.456 e. The molecule has 0 saturated heterocycles. The Bertz CT molecular complexity index is 840. The summed E-state index contributed by atoms with van der Waals surface area (Å²) < 4.78 is 10.9. The van der Waals surface area contributed by atoms with Gasteiger partial charge in [-0.25, -0.2) is 4.79 Å². The lowest BCUT2D eigenvalue weighted by Crippen LogP contribution is -2.31. The van der Waals surface area contributed by atoms with Crippen LogP contribution in [0.4, 0.5) is 4.79 Å². The van der Waals surface area contributed by atoms with Crippen LogP contribution in [0.25, 0.3) is 21.9 Å². The van der Waals surface area contributed by atoms with E-state index in [0.29, 0.717) is 6.61 Å². The maximum Gasteiger partial charge on any atom is 0.407 e. The molecular formula is C19H21NO4. The molecule has 126 valence electrons. The molecule has 24 heavy (non-hydrogen) atoms. The Morgan fingerprint density at radius 2 is 2.00 bits per heavy atom. The van der Waals surface area contributed by atoms with Crippen molar-refractivity contribution in [2.75, 3.05) is 13.2 Å². The molecule has 1 heterocycles. The van der Waals surface area contributed by atoms with E-state index in [2.05, 4.69) is 5.32 Å². The van der Waals surface area contributed by atoms with Crippen LogP contribution in [0.1, 0.15) is 31.4 Å². The van der Waals surface area contributed by atoms with Crippen LogP contribution < -0.4 is 5.32 Å². The summed E-state index contributed by atoms with van der Waals surface area (Å²) in [7, 11) is 0. The number of alkyl carbamates (subject to hydrolysis) is 1. The maximum atomic E-state index is 11.8. The standard InChI is InChI=1S/C19H21NO4/c1-2-3-10-23-19(22)20-16(12-21)13-8-9-18-15(11-13)14-6-4-5-7-17(14)24-18/h4-9,11,16,21H,2-3,10,12H2,1H3,(H,20,22)/t16-/m1/s1. The second kappa shape index (κ2) is 7.36. The molecular weight excluding hydrogens is 306 g/mol. The fourth-order valence-corrected chi connectivity index (χ4v) is 2.69. The highest BCUT2D eigenvalue weighted by Gasteiger charge is 2.16. The molecule has 0 aliphatic carbocycles. The smallest absolute Gasteiger partial charge is 0.407 e. The van der Waals surface area contributed by atoms with Crippen molar-refractivity contribution in [2.45, 2.75) is 25.8 Å². The fourth-order valence-electron chi connectivity index (χ4n) is 2.69. The number of unbranched alkanes of at least 4 members (excludes halogenated alkanes) is 1. The van der Waals surface area contributed by atoms with Gasteiger partial charge >= 0.3 is 6.09 Å². The predicted molar refractivity (Wildman–Crippen MR) is 92.9 cm³/mol. The lowest BCUT2D eigenvalue weighted by Gasteiger charge is -2.16. The number of nitrogens with one attached hydrogen (secondary N) is 1. The van der Waals surface area contributed by atoms with Crippen molar-refractivity contribution in [2.24, 2.45) is 0 Å². The van der Waals surface area contributed by atoms with Crippen molar-refractivity contribution in [1.82, 2.24) is 5.32 Å². The average Bonchev–Trinajstić information content (AvgIpc) is 2.98. The lowest BCUT2D eigenvalue weighted by molar-refractivity contribution is 0.134. The van der Waals surface area contributed by atoms with E-state index in [9.17, 15) is 9.90 Å². The molecule has 0 saturated carbocycles. The van der Waals surface area contributed by atoms with Gasteiger partial charge in [0.15, 0.2) is 0 Å². The number of hydrogen-bond donors (Lipinski definition) is 2. The molecule has 0 aliphatic heterocycles. The first-order valence-electron chi connectivity index (χ1n) is 8.18. The highest BCUT2D eigenvalue weighted by Crippen LogP contribution is 2.30. The predicted octanol–water partition coefficient (Wildman–Crippen LogP) is 4.15. The summed E-state index contributed by atoms with van der Waals surface area (Å²) in [4.78, 5) is 11.8. The fraction of sp³-hybridized carbons (Fsp3) is 0.316. The minimum atomic E-state index is -0.516. The molecule has 0 fully saturated rings. The van der Waals surface area contributed by atoms with E-state index in [4.69, 9.17) is 9.15 Å². The van der Waals surface area contributed by atoms with E-state index in [0.717, 1.165) is 40.3 Å². The van der Waals surface area contributed by atoms with Crippen LogP contribution in [-0.2, 0) is 4.74 Å². The molecule has 1 atom stereocenters. The van der Waals surface area contributed by atoms with E-state index in [1.165, 1.54) is 0 Å². The van der Waals surface area contributed by atoms with Crippen molar-refractivity contribution < 1.29 is 19.1 Å². The van der Waals surface area contributed by atoms with Gasteiger partial charge in [0.2, 0.25) is 0 Å². The summed E-state index contributed by atoms with van der Waals surface area (Å²) in [6.07, 6.45) is 1.27. The monoisotopic (exact) mass is 327 g/mol. The Balaban J connectivity index is 1.83. The van der Waals surface area contributed by atoms with Crippen molar-refractivity contribution in [3.8, 4) is 0 Å². The van der Waals surface area contributed by atoms with Crippen molar-refractivity contribution >= 4 is 28.0 Å². The SMILES string of the molecule is CCCCOC(=O)N[C@H](CO)c1ccc2oc3ccccc3c2c1.